The van der Waals surface area contributed by atoms with Gasteiger partial charge in [0.25, 0.3) is 0 Å². The number of ether oxygens (including phenoxy) is 2. The lowest BCUT2D eigenvalue weighted by atomic mass is 10.0. The van der Waals surface area contributed by atoms with Crippen LogP contribution in [0.4, 0.5) is 5.69 Å². The highest BCUT2D eigenvalue weighted by Gasteiger charge is 2.18. The van der Waals surface area contributed by atoms with E-state index in [9.17, 15) is 4.79 Å². The van der Waals surface area contributed by atoms with Crippen molar-refractivity contribution in [2.24, 2.45) is 11.7 Å². The quantitative estimate of drug-likeness (QED) is 0.889. The molecule has 1 heterocycles. The number of fused-ring (bicyclic) bond motifs is 1. The van der Waals surface area contributed by atoms with Crippen LogP contribution in [0.25, 0.3) is 0 Å². The Balaban J connectivity index is 0.00000180. The lowest BCUT2D eigenvalue weighted by molar-refractivity contribution is -0.118. The highest BCUT2D eigenvalue weighted by molar-refractivity contribution is 5.95. The van der Waals surface area contributed by atoms with Gasteiger partial charge in [0, 0.05) is 11.8 Å². The van der Waals surface area contributed by atoms with Crippen LogP contribution < -0.4 is 20.5 Å². The van der Waals surface area contributed by atoms with E-state index >= 15 is 0 Å². The van der Waals surface area contributed by atoms with Crippen molar-refractivity contribution < 1.29 is 14.3 Å². The Morgan fingerprint density at radius 3 is 2.53 bits per heavy atom. The predicted octanol–water partition coefficient (Wildman–Crippen LogP) is 1.80. The van der Waals surface area contributed by atoms with Crippen molar-refractivity contribution >= 4 is 24.0 Å². The summed E-state index contributed by atoms with van der Waals surface area (Å²) in [6, 6.07) is 4.79. The van der Waals surface area contributed by atoms with Crippen molar-refractivity contribution in [2.75, 3.05) is 18.5 Å². The maximum Gasteiger partial charge on any atom is 0.241 e. The minimum absolute atomic E-state index is 0. The first kappa shape index (κ1) is 15.6. The first-order valence-electron chi connectivity index (χ1n) is 6.04. The van der Waals surface area contributed by atoms with Gasteiger partial charge in [0.15, 0.2) is 11.5 Å². The smallest absolute Gasteiger partial charge is 0.241 e. The monoisotopic (exact) mass is 286 g/mol. The fraction of sp³-hybridized carbons (Fsp3) is 0.462. The summed E-state index contributed by atoms with van der Waals surface area (Å²) in [6.45, 7) is 4.90. The summed E-state index contributed by atoms with van der Waals surface area (Å²) in [7, 11) is 0. The van der Waals surface area contributed by atoms with Crippen LogP contribution in [0.5, 0.6) is 11.5 Å². The van der Waals surface area contributed by atoms with E-state index in [1.165, 1.54) is 0 Å². The molecule has 0 fully saturated rings. The summed E-state index contributed by atoms with van der Waals surface area (Å²) in [5, 5.41) is 2.77. The van der Waals surface area contributed by atoms with Gasteiger partial charge < -0.3 is 20.5 Å². The second-order valence-electron chi connectivity index (χ2n) is 4.62. The van der Waals surface area contributed by atoms with Crippen molar-refractivity contribution in [2.45, 2.75) is 19.9 Å². The Labute approximate surface area is 118 Å². The topological polar surface area (TPSA) is 73.6 Å². The Hall–Kier alpha value is -1.46. The second kappa shape index (κ2) is 6.63. The average Bonchev–Trinajstić information content (AvgIpc) is 2.37. The van der Waals surface area contributed by atoms with Crippen molar-refractivity contribution in [3.63, 3.8) is 0 Å². The third-order valence-corrected chi connectivity index (χ3v) is 2.83. The van der Waals surface area contributed by atoms with Crippen molar-refractivity contribution in [1.29, 1.82) is 0 Å². The number of carbonyl (C=O) groups is 1. The lowest BCUT2D eigenvalue weighted by Gasteiger charge is -2.20. The van der Waals surface area contributed by atoms with Gasteiger partial charge in [0.1, 0.15) is 13.2 Å². The Morgan fingerprint density at radius 2 is 1.89 bits per heavy atom. The molecule has 1 aromatic rings. The molecule has 5 nitrogen and oxygen atoms in total. The zero-order chi connectivity index (χ0) is 13.1. The second-order valence-corrected chi connectivity index (χ2v) is 4.62. The van der Waals surface area contributed by atoms with Crippen molar-refractivity contribution in [1.82, 2.24) is 0 Å². The molecule has 0 unspecified atom stereocenters. The van der Waals surface area contributed by atoms with Crippen molar-refractivity contribution in [3.8, 4) is 11.5 Å². The minimum atomic E-state index is -0.516. The molecule has 3 N–H and O–H groups in total. The van der Waals surface area contributed by atoms with Gasteiger partial charge in [-0.05, 0) is 18.1 Å². The fourth-order valence-corrected chi connectivity index (χ4v) is 1.65. The molecule has 0 spiro atoms. The molecule has 1 amide bonds. The lowest BCUT2D eigenvalue weighted by Crippen LogP contribution is -2.39. The van der Waals surface area contributed by atoms with Crippen molar-refractivity contribution in [3.05, 3.63) is 18.2 Å². The van der Waals surface area contributed by atoms with Crippen LogP contribution in [0, 0.1) is 5.92 Å². The molecule has 1 atom stereocenters. The molecule has 6 heteroatoms. The first-order valence-corrected chi connectivity index (χ1v) is 6.04. The molecule has 0 radical (unpaired) electrons. The van der Waals surface area contributed by atoms with Crippen LogP contribution >= 0.6 is 12.4 Å². The van der Waals surface area contributed by atoms with Gasteiger partial charge in [-0.3, -0.25) is 4.79 Å². The summed E-state index contributed by atoms with van der Waals surface area (Å²) in [5.74, 6) is 1.26. The summed E-state index contributed by atoms with van der Waals surface area (Å²) in [4.78, 5) is 11.8. The summed E-state index contributed by atoms with van der Waals surface area (Å²) >= 11 is 0. The van der Waals surface area contributed by atoms with Crippen LogP contribution in [0.1, 0.15) is 13.8 Å². The molecule has 0 saturated heterocycles. The van der Waals surface area contributed by atoms with Crippen LogP contribution in [-0.2, 0) is 4.79 Å². The number of amides is 1. The molecular formula is C13H19ClN2O3. The molecule has 0 aromatic heterocycles. The fourth-order valence-electron chi connectivity index (χ4n) is 1.65. The van der Waals surface area contributed by atoms with Gasteiger partial charge in [0.2, 0.25) is 5.91 Å². The van der Waals surface area contributed by atoms with Crippen LogP contribution in [0.2, 0.25) is 0 Å². The van der Waals surface area contributed by atoms with Crippen LogP contribution in [0.15, 0.2) is 18.2 Å². The molecule has 106 valence electrons. The van der Waals surface area contributed by atoms with E-state index in [0.717, 1.165) is 0 Å². The van der Waals surface area contributed by atoms with Crippen LogP contribution in [-0.4, -0.2) is 25.2 Å². The van der Waals surface area contributed by atoms with E-state index in [4.69, 9.17) is 15.2 Å². The number of rotatable bonds is 3. The number of halogens is 1. The maximum absolute atomic E-state index is 11.8. The third kappa shape index (κ3) is 3.75. The molecule has 1 aliphatic rings. The van der Waals surface area contributed by atoms with E-state index in [-0.39, 0.29) is 24.2 Å². The number of nitrogens with two attached hydrogens (primary N) is 1. The standard InChI is InChI=1S/C13H18N2O3.ClH/c1-8(2)12(14)13(16)15-9-3-4-10-11(7-9)18-6-5-17-10;/h3-4,7-8,12H,5-6,14H2,1-2H3,(H,15,16);1H/t12-;/m1./s1. The molecular weight excluding hydrogens is 268 g/mol. The Kier molecular flexibility index (Phi) is 5.44. The first-order chi connectivity index (χ1) is 8.58. The number of hydrogen-bond donors (Lipinski definition) is 2. The number of hydrogen-bond acceptors (Lipinski definition) is 4. The largest absolute Gasteiger partial charge is 0.486 e. The zero-order valence-electron chi connectivity index (χ0n) is 11.0. The third-order valence-electron chi connectivity index (χ3n) is 2.83. The van der Waals surface area contributed by atoms with E-state index in [0.29, 0.717) is 30.4 Å². The summed E-state index contributed by atoms with van der Waals surface area (Å²) in [5.41, 5.74) is 6.44. The van der Waals surface area contributed by atoms with Crippen LogP contribution in [0.3, 0.4) is 0 Å². The zero-order valence-corrected chi connectivity index (χ0v) is 11.8. The Morgan fingerprint density at radius 1 is 1.26 bits per heavy atom. The molecule has 19 heavy (non-hydrogen) atoms. The number of benzene rings is 1. The van der Waals surface area contributed by atoms with E-state index in [1.54, 1.807) is 18.2 Å². The molecule has 0 saturated carbocycles. The molecule has 0 aliphatic carbocycles. The number of carbonyl (C=O) groups excluding carboxylic acids is 1. The van der Waals surface area contributed by atoms with Gasteiger partial charge in [-0.25, -0.2) is 0 Å². The highest BCUT2D eigenvalue weighted by Crippen LogP contribution is 2.32. The van der Waals surface area contributed by atoms with E-state index < -0.39 is 6.04 Å². The predicted molar refractivity (Wildman–Crippen MR) is 76.1 cm³/mol. The number of nitrogens with one attached hydrogen (secondary N) is 1. The molecule has 2 rings (SSSR count). The Bertz CT molecular complexity index is 452. The summed E-state index contributed by atoms with van der Waals surface area (Å²) < 4.78 is 10.9. The normalized spacial score (nSPS) is 14.5. The van der Waals surface area contributed by atoms with E-state index in [1.807, 2.05) is 13.8 Å². The average molecular weight is 287 g/mol. The van der Waals surface area contributed by atoms with Gasteiger partial charge in [-0.2, -0.15) is 0 Å². The van der Waals surface area contributed by atoms with Gasteiger partial charge in [-0.1, -0.05) is 13.8 Å². The van der Waals surface area contributed by atoms with E-state index in [2.05, 4.69) is 5.32 Å². The molecule has 0 bridgehead atoms. The minimum Gasteiger partial charge on any atom is -0.486 e. The highest BCUT2D eigenvalue weighted by atomic mass is 35.5. The SMILES string of the molecule is CC(C)[C@@H](N)C(=O)Nc1ccc2c(c1)OCCO2.Cl. The number of anilines is 1. The molecule has 1 aliphatic heterocycles. The van der Waals surface area contributed by atoms with Gasteiger partial charge >= 0.3 is 0 Å². The molecule has 1 aromatic carbocycles. The maximum atomic E-state index is 11.8. The van der Waals surface area contributed by atoms with Gasteiger partial charge in [0.05, 0.1) is 6.04 Å². The summed E-state index contributed by atoms with van der Waals surface area (Å²) in [6.07, 6.45) is 0. The van der Waals surface area contributed by atoms with Gasteiger partial charge in [-0.15, -0.1) is 12.4 Å².